The van der Waals surface area contributed by atoms with Crippen LogP contribution in [-0.4, -0.2) is 11.6 Å². The first-order valence-electron chi connectivity index (χ1n) is 5.89. The molecule has 0 spiro atoms. The number of hydrogen-bond acceptors (Lipinski definition) is 2. The van der Waals surface area contributed by atoms with E-state index in [1.165, 1.54) is 5.57 Å². The highest BCUT2D eigenvalue weighted by atomic mass is 16.1. The highest BCUT2D eigenvalue weighted by Gasteiger charge is 2.59. The normalized spacial score (nSPS) is 43.6. The molecule has 0 aliphatic heterocycles. The van der Waals surface area contributed by atoms with E-state index in [0.29, 0.717) is 5.78 Å². The van der Waals surface area contributed by atoms with Gasteiger partial charge in [0.25, 0.3) is 0 Å². The molecule has 0 saturated heterocycles. The number of fused-ring (bicyclic) bond motifs is 1. The molecule has 4 aliphatic rings. The van der Waals surface area contributed by atoms with E-state index in [4.69, 9.17) is 0 Å². The van der Waals surface area contributed by atoms with Crippen LogP contribution in [0.15, 0.2) is 23.8 Å². The Hall–Kier alpha value is -1.18. The number of rotatable bonds is 0. The maximum absolute atomic E-state index is 12.3. The van der Waals surface area contributed by atoms with Crippen LogP contribution in [0.5, 0.6) is 0 Å². The summed E-state index contributed by atoms with van der Waals surface area (Å²) in [6.07, 6.45) is 5.71. The lowest BCUT2D eigenvalue weighted by atomic mass is 9.50. The Labute approximate surface area is 95.4 Å². The number of carbonyl (C=O) groups is 2. The second-order valence-corrected chi connectivity index (χ2v) is 5.86. The third-order valence-corrected chi connectivity index (χ3v) is 4.65. The molecular formula is C14H16O2. The van der Waals surface area contributed by atoms with Crippen molar-refractivity contribution in [1.82, 2.24) is 0 Å². The molecule has 0 radical (unpaired) electrons. The molecule has 4 atom stereocenters. The van der Waals surface area contributed by atoms with Gasteiger partial charge in [-0.1, -0.05) is 31.6 Å². The van der Waals surface area contributed by atoms with E-state index in [9.17, 15) is 9.59 Å². The van der Waals surface area contributed by atoms with Gasteiger partial charge in [0, 0.05) is 29.1 Å². The summed E-state index contributed by atoms with van der Waals surface area (Å²) in [5.41, 5.74) is 0.861. The van der Waals surface area contributed by atoms with Gasteiger partial charge in [0.15, 0.2) is 5.78 Å². The summed E-state index contributed by atoms with van der Waals surface area (Å²) in [6.45, 7) is 6.05. The van der Waals surface area contributed by atoms with Crippen molar-refractivity contribution in [3.05, 3.63) is 23.8 Å². The minimum atomic E-state index is -0.369. The Morgan fingerprint density at radius 1 is 1.25 bits per heavy atom. The Morgan fingerprint density at radius 3 is 2.62 bits per heavy atom. The van der Waals surface area contributed by atoms with Crippen LogP contribution in [0.4, 0.5) is 0 Å². The fourth-order valence-electron chi connectivity index (χ4n) is 3.99. The van der Waals surface area contributed by atoms with Gasteiger partial charge in [0.1, 0.15) is 5.78 Å². The van der Waals surface area contributed by atoms with Crippen LogP contribution >= 0.6 is 0 Å². The van der Waals surface area contributed by atoms with Crippen LogP contribution in [0.3, 0.4) is 0 Å². The molecular weight excluding hydrogens is 200 g/mol. The maximum atomic E-state index is 12.3. The first-order valence-corrected chi connectivity index (χ1v) is 5.89. The maximum Gasteiger partial charge on any atom is 0.159 e. The smallest absolute Gasteiger partial charge is 0.159 e. The zero-order valence-electron chi connectivity index (χ0n) is 9.86. The molecule has 1 saturated carbocycles. The summed E-state index contributed by atoms with van der Waals surface area (Å²) < 4.78 is 0. The molecule has 1 fully saturated rings. The lowest BCUT2D eigenvalue weighted by Crippen LogP contribution is -2.55. The largest absolute Gasteiger partial charge is 0.298 e. The van der Waals surface area contributed by atoms with Gasteiger partial charge >= 0.3 is 0 Å². The monoisotopic (exact) mass is 216 g/mol. The Balaban J connectivity index is 2.19. The van der Waals surface area contributed by atoms with Crippen molar-refractivity contribution in [3.8, 4) is 0 Å². The molecule has 0 amide bonds. The molecule has 0 aromatic heterocycles. The first-order chi connectivity index (χ1) is 7.44. The molecule has 16 heavy (non-hydrogen) atoms. The highest BCUT2D eigenvalue weighted by molar-refractivity contribution is 6.01. The molecule has 2 heteroatoms. The van der Waals surface area contributed by atoms with Crippen LogP contribution in [0.25, 0.3) is 0 Å². The van der Waals surface area contributed by atoms with Crippen molar-refractivity contribution < 1.29 is 9.59 Å². The van der Waals surface area contributed by atoms with Crippen molar-refractivity contribution >= 4 is 11.6 Å². The number of hydrogen-bond donors (Lipinski definition) is 0. The van der Waals surface area contributed by atoms with E-state index in [-0.39, 0.29) is 34.9 Å². The molecule has 0 aromatic carbocycles. The summed E-state index contributed by atoms with van der Waals surface area (Å²) in [6, 6.07) is 0. The van der Waals surface area contributed by atoms with Crippen molar-refractivity contribution in [3.63, 3.8) is 0 Å². The number of Topliss-reactive ketones (excluding diaryl/α,β-unsaturated/α-hetero) is 1. The molecule has 2 bridgehead atoms. The number of allylic oxidation sites excluding steroid dienone is 4. The number of carbonyl (C=O) groups excluding carboxylic acids is 2. The van der Waals surface area contributed by atoms with Gasteiger partial charge < -0.3 is 0 Å². The zero-order chi connectivity index (χ0) is 11.7. The minimum Gasteiger partial charge on any atom is -0.298 e. The Morgan fingerprint density at radius 2 is 1.94 bits per heavy atom. The van der Waals surface area contributed by atoms with E-state index < -0.39 is 0 Å². The van der Waals surface area contributed by atoms with Crippen molar-refractivity contribution in [2.45, 2.75) is 20.8 Å². The Kier molecular flexibility index (Phi) is 1.71. The quantitative estimate of drug-likeness (QED) is 0.581. The topological polar surface area (TPSA) is 34.1 Å². The van der Waals surface area contributed by atoms with Gasteiger partial charge in [0.05, 0.1) is 0 Å². The van der Waals surface area contributed by atoms with Crippen molar-refractivity contribution in [2.75, 3.05) is 0 Å². The predicted molar refractivity (Wildman–Crippen MR) is 60.7 cm³/mol. The summed E-state index contributed by atoms with van der Waals surface area (Å²) in [4.78, 5) is 24.2. The first kappa shape index (κ1) is 10.0. The summed E-state index contributed by atoms with van der Waals surface area (Å²) in [5, 5.41) is 0. The third kappa shape index (κ3) is 0.933. The average molecular weight is 216 g/mol. The van der Waals surface area contributed by atoms with Crippen LogP contribution in [-0.2, 0) is 9.59 Å². The van der Waals surface area contributed by atoms with Crippen molar-refractivity contribution in [2.24, 2.45) is 29.1 Å². The fourth-order valence-corrected chi connectivity index (χ4v) is 3.99. The molecule has 0 heterocycles. The van der Waals surface area contributed by atoms with Crippen LogP contribution < -0.4 is 0 Å². The van der Waals surface area contributed by atoms with Gasteiger partial charge in [-0.25, -0.2) is 0 Å². The van der Waals surface area contributed by atoms with Gasteiger partial charge in [-0.15, -0.1) is 0 Å². The SMILES string of the molecule is CC1=C[C@@H]2C(=O)C(C)(C)[C@H]1[C@@H]1C(=O)C=C[C@@H]12. The summed E-state index contributed by atoms with van der Waals surface area (Å²) >= 11 is 0. The average Bonchev–Trinajstić information content (AvgIpc) is 2.57. The predicted octanol–water partition coefficient (Wildman–Crippen LogP) is 2.16. The van der Waals surface area contributed by atoms with Gasteiger partial charge in [-0.2, -0.15) is 0 Å². The van der Waals surface area contributed by atoms with Gasteiger partial charge in [-0.05, 0) is 13.0 Å². The van der Waals surface area contributed by atoms with E-state index in [1.807, 2.05) is 19.9 Å². The summed E-state index contributed by atoms with van der Waals surface area (Å²) in [7, 11) is 0. The second kappa shape index (κ2) is 2.73. The van der Waals surface area contributed by atoms with E-state index in [0.717, 1.165) is 0 Å². The van der Waals surface area contributed by atoms with Crippen LogP contribution in [0.1, 0.15) is 20.8 Å². The highest BCUT2D eigenvalue weighted by Crippen LogP contribution is 2.57. The molecule has 2 nitrogen and oxygen atoms in total. The van der Waals surface area contributed by atoms with Crippen LogP contribution in [0.2, 0.25) is 0 Å². The number of ketones is 2. The van der Waals surface area contributed by atoms with E-state index in [2.05, 4.69) is 13.0 Å². The summed E-state index contributed by atoms with van der Waals surface area (Å²) in [5.74, 6) is 0.742. The van der Waals surface area contributed by atoms with Gasteiger partial charge in [-0.3, -0.25) is 9.59 Å². The molecule has 0 unspecified atom stereocenters. The molecule has 0 N–H and O–H groups in total. The minimum absolute atomic E-state index is 0.0303. The van der Waals surface area contributed by atoms with Crippen molar-refractivity contribution in [1.29, 1.82) is 0 Å². The molecule has 0 aromatic rings. The Bertz CT molecular complexity index is 453. The lowest BCUT2D eigenvalue weighted by Gasteiger charge is -2.51. The van der Waals surface area contributed by atoms with Gasteiger partial charge in [0.2, 0.25) is 0 Å². The third-order valence-electron chi connectivity index (χ3n) is 4.65. The molecule has 4 aliphatic carbocycles. The molecule has 84 valence electrons. The van der Waals surface area contributed by atoms with E-state index >= 15 is 0 Å². The molecule has 4 rings (SSSR count). The van der Waals surface area contributed by atoms with Crippen LogP contribution in [0, 0.1) is 29.1 Å². The fraction of sp³-hybridized carbons (Fsp3) is 0.571. The standard InChI is InChI=1S/C14H16O2/c1-7-6-9-8-4-5-10(15)11(8)12(7)14(2,3)13(9)16/h4-6,8-9,11-12H,1-3H3/t8-,9+,11+,12-/m1/s1. The lowest BCUT2D eigenvalue weighted by molar-refractivity contribution is -0.144. The zero-order valence-corrected chi connectivity index (χ0v) is 9.86. The van der Waals surface area contributed by atoms with E-state index in [1.54, 1.807) is 6.08 Å². The second-order valence-electron chi connectivity index (χ2n) is 5.86.